The summed E-state index contributed by atoms with van der Waals surface area (Å²) in [7, 11) is 0. The number of aryl methyl sites for hydroxylation is 1. The lowest BCUT2D eigenvalue weighted by molar-refractivity contribution is -0.144. The van der Waals surface area contributed by atoms with Crippen molar-refractivity contribution >= 4 is 35.1 Å². The summed E-state index contributed by atoms with van der Waals surface area (Å²) in [6, 6.07) is 23.8. The molecule has 1 saturated carbocycles. The second kappa shape index (κ2) is 18.4. The molecule has 10 nitrogen and oxygen atoms in total. The number of halogens is 1. The van der Waals surface area contributed by atoms with E-state index in [9.17, 15) is 24.6 Å². The van der Waals surface area contributed by atoms with Gasteiger partial charge in [0, 0.05) is 41.0 Å². The molecule has 7 rings (SSSR count). The molecule has 3 aliphatic carbocycles. The van der Waals surface area contributed by atoms with E-state index in [1.807, 2.05) is 60.8 Å². The molecule has 0 radical (unpaired) electrons. The largest absolute Gasteiger partial charge is 0.494 e. The lowest BCUT2D eigenvalue weighted by atomic mass is 9.59. The Morgan fingerprint density at radius 3 is 2.51 bits per heavy atom. The number of nitrogens with one attached hydrogen (secondary N) is 2. The highest BCUT2D eigenvalue weighted by atomic mass is 35.5. The monoisotopic (exact) mass is 821 g/mol. The molecule has 4 atom stereocenters. The number of aliphatic carboxylic acids is 2. The SMILES string of the molecule is C[C@@H](COc1ccnc2c1[C@H](C)CCC2)CC1Cc2ccc(OCCCC(=O)N[C@@H](Cc3ccccc3)C(=O)O)cc2C12CCC(Nc1cccc(Cl)c1)(C(=O)O)CC2. The van der Waals surface area contributed by atoms with Crippen molar-refractivity contribution in [1.29, 1.82) is 0 Å². The fraction of sp³-hybridized carbons (Fsp3) is 0.458. The van der Waals surface area contributed by atoms with Crippen LogP contribution in [0.5, 0.6) is 11.5 Å². The normalized spacial score (nSPS) is 23.0. The number of carboxylic acids is 2. The van der Waals surface area contributed by atoms with Gasteiger partial charge in [0.2, 0.25) is 5.91 Å². The highest BCUT2D eigenvalue weighted by Gasteiger charge is 2.54. The number of nitrogens with zero attached hydrogens (tertiary/aromatic N) is 1. The van der Waals surface area contributed by atoms with Crippen molar-refractivity contribution in [2.75, 3.05) is 18.5 Å². The molecule has 1 spiro atoms. The predicted octanol–water partition coefficient (Wildman–Crippen LogP) is 9.17. The molecule has 0 aliphatic heterocycles. The van der Waals surface area contributed by atoms with E-state index in [0.717, 1.165) is 49.1 Å². The van der Waals surface area contributed by atoms with Crippen molar-refractivity contribution < 1.29 is 34.1 Å². The highest BCUT2D eigenvalue weighted by Crippen LogP contribution is 2.57. The number of hydrogen-bond acceptors (Lipinski definition) is 7. The number of carboxylic acid groups (broad SMARTS) is 2. The van der Waals surface area contributed by atoms with Gasteiger partial charge in [-0.05, 0) is 140 Å². The summed E-state index contributed by atoms with van der Waals surface area (Å²) in [5, 5.41) is 27.0. The van der Waals surface area contributed by atoms with Crippen LogP contribution < -0.4 is 20.1 Å². The minimum atomic E-state index is -1.13. The van der Waals surface area contributed by atoms with Crippen LogP contribution in [-0.4, -0.2) is 57.8 Å². The zero-order valence-electron chi connectivity index (χ0n) is 34.1. The van der Waals surface area contributed by atoms with Crippen molar-refractivity contribution in [1.82, 2.24) is 10.3 Å². The first-order valence-corrected chi connectivity index (χ1v) is 21.5. The van der Waals surface area contributed by atoms with Gasteiger partial charge in [-0.15, -0.1) is 0 Å². The van der Waals surface area contributed by atoms with E-state index in [0.29, 0.717) is 61.1 Å². The Hall–Kier alpha value is -5.09. The maximum atomic E-state index is 13.0. The van der Waals surface area contributed by atoms with E-state index < -0.39 is 23.5 Å². The first kappa shape index (κ1) is 42.0. The van der Waals surface area contributed by atoms with Crippen molar-refractivity contribution in [2.45, 2.75) is 114 Å². The summed E-state index contributed by atoms with van der Waals surface area (Å²) in [6.07, 6.45) is 9.97. The van der Waals surface area contributed by atoms with Crippen LogP contribution in [-0.2, 0) is 39.1 Å². The lowest BCUT2D eigenvalue weighted by Crippen LogP contribution is -2.53. The van der Waals surface area contributed by atoms with Gasteiger partial charge in [-0.3, -0.25) is 9.78 Å². The summed E-state index contributed by atoms with van der Waals surface area (Å²) in [6.45, 7) is 5.39. The van der Waals surface area contributed by atoms with Crippen LogP contribution in [0.1, 0.15) is 106 Å². The maximum Gasteiger partial charge on any atom is 0.329 e. The average molecular weight is 822 g/mol. The zero-order valence-corrected chi connectivity index (χ0v) is 34.8. The van der Waals surface area contributed by atoms with Crippen LogP contribution in [0.4, 0.5) is 5.69 Å². The van der Waals surface area contributed by atoms with Gasteiger partial charge in [0.1, 0.15) is 23.1 Å². The smallest absolute Gasteiger partial charge is 0.329 e. The van der Waals surface area contributed by atoms with Crippen LogP contribution in [0.3, 0.4) is 0 Å². The third-order valence-corrected chi connectivity index (χ3v) is 13.2. The molecule has 11 heteroatoms. The van der Waals surface area contributed by atoms with Crippen molar-refractivity contribution in [2.24, 2.45) is 11.8 Å². The van der Waals surface area contributed by atoms with Gasteiger partial charge < -0.3 is 30.3 Å². The number of benzene rings is 3. The molecule has 1 amide bonds. The molecule has 1 fully saturated rings. The topological polar surface area (TPSA) is 147 Å². The van der Waals surface area contributed by atoms with Crippen LogP contribution in [0.15, 0.2) is 85.1 Å². The van der Waals surface area contributed by atoms with Gasteiger partial charge >= 0.3 is 11.9 Å². The van der Waals surface area contributed by atoms with E-state index in [4.69, 9.17) is 21.1 Å². The fourth-order valence-corrected chi connectivity index (χ4v) is 10.1. The van der Waals surface area contributed by atoms with E-state index in [1.165, 1.54) is 16.7 Å². The van der Waals surface area contributed by atoms with Gasteiger partial charge in [-0.1, -0.05) is 67.9 Å². The van der Waals surface area contributed by atoms with Crippen molar-refractivity contribution in [3.05, 3.63) is 118 Å². The quantitative estimate of drug-likeness (QED) is 0.0766. The summed E-state index contributed by atoms with van der Waals surface area (Å²) < 4.78 is 12.8. The van der Waals surface area contributed by atoms with Gasteiger partial charge in [-0.25, -0.2) is 9.59 Å². The Balaban J connectivity index is 1.04. The van der Waals surface area contributed by atoms with Crippen molar-refractivity contribution in [3.63, 3.8) is 0 Å². The molecule has 4 aromatic rings. The van der Waals surface area contributed by atoms with Crippen molar-refractivity contribution in [3.8, 4) is 11.5 Å². The van der Waals surface area contributed by atoms with Gasteiger partial charge in [0.05, 0.1) is 13.2 Å². The van der Waals surface area contributed by atoms with Gasteiger partial charge in [-0.2, -0.15) is 0 Å². The fourth-order valence-electron chi connectivity index (χ4n) is 9.91. The van der Waals surface area contributed by atoms with Crippen LogP contribution >= 0.6 is 11.6 Å². The second-order valence-corrected chi connectivity index (χ2v) is 17.5. The third kappa shape index (κ3) is 9.70. The standard InChI is InChI=1S/C48H56ClN3O7/c1-31(30-59-42-18-23-50-40-14-6-9-32(2)44(40)42)25-35-27-34-16-17-38(58-24-8-15-43(53)51-41(45(54)55)26-33-10-4-3-5-11-33)29-39(34)47(35)19-21-48(22-20-47,46(56)57)52-37-13-7-12-36(49)28-37/h3-5,7,10-13,16-18,23,28-29,31-32,35,41,52H,6,8-9,14-15,19-22,24-27,30H2,1-2H3,(H,51,53)(H,54,55)(H,56,57)/t31-,32-,35?,41+,47?,48?/m1/s1. The van der Waals surface area contributed by atoms with Gasteiger partial charge in [0.25, 0.3) is 0 Å². The number of carbonyl (C=O) groups is 3. The first-order chi connectivity index (χ1) is 28.4. The third-order valence-electron chi connectivity index (χ3n) is 13.0. The molecule has 0 bridgehead atoms. The van der Waals surface area contributed by atoms with Crippen LogP contribution in [0.25, 0.3) is 0 Å². The van der Waals surface area contributed by atoms with Gasteiger partial charge in [0.15, 0.2) is 0 Å². The average Bonchev–Trinajstić information content (AvgIpc) is 3.50. The number of aromatic nitrogens is 1. The van der Waals surface area contributed by atoms with Crippen LogP contribution in [0, 0.1) is 11.8 Å². The number of pyridine rings is 1. The zero-order chi connectivity index (χ0) is 41.6. The van der Waals surface area contributed by atoms with E-state index >= 15 is 0 Å². The highest BCUT2D eigenvalue weighted by molar-refractivity contribution is 6.30. The molecular formula is C48H56ClN3O7. The molecule has 312 valence electrons. The Morgan fingerprint density at radius 2 is 1.76 bits per heavy atom. The number of carbonyl (C=O) groups excluding carboxylic acids is 1. The molecule has 0 saturated heterocycles. The predicted molar refractivity (Wildman–Crippen MR) is 229 cm³/mol. The number of hydrogen-bond donors (Lipinski definition) is 4. The molecule has 3 aromatic carbocycles. The Bertz CT molecular complexity index is 2120. The number of fused-ring (bicyclic) bond motifs is 3. The molecule has 1 aromatic heterocycles. The molecular weight excluding hydrogens is 766 g/mol. The summed E-state index contributed by atoms with van der Waals surface area (Å²) in [5.41, 5.74) is 5.02. The summed E-state index contributed by atoms with van der Waals surface area (Å²) in [5.74, 6) is 0.325. The Morgan fingerprint density at radius 1 is 0.966 bits per heavy atom. The second-order valence-electron chi connectivity index (χ2n) is 17.1. The molecule has 59 heavy (non-hydrogen) atoms. The van der Waals surface area contributed by atoms with Crippen LogP contribution in [0.2, 0.25) is 5.02 Å². The first-order valence-electron chi connectivity index (χ1n) is 21.1. The minimum Gasteiger partial charge on any atom is -0.494 e. The molecule has 1 unspecified atom stereocenters. The lowest BCUT2D eigenvalue weighted by Gasteiger charge is -2.47. The molecule has 3 aliphatic rings. The Kier molecular flexibility index (Phi) is 13.1. The molecule has 4 N–H and O–H groups in total. The summed E-state index contributed by atoms with van der Waals surface area (Å²) >= 11 is 6.30. The minimum absolute atomic E-state index is 0.133. The number of anilines is 1. The maximum absolute atomic E-state index is 13.0. The molecule has 1 heterocycles. The number of ether oxygens (including phenoxy) is 2. The van der Waals surface area contributed by atoms with E-state index in [-0.39, 0.29) is 42.6 Å². The number of amides is 1. The summed E-state index contributed by atoms with van der Waals surface area (Å²) in [4.78, 5) is 42.4. The van der Waals surface area contributed by atoms with E-state index in [2.05, 4.69) is 41.6 Å². The van der Waals surface area contributed by atoms with E-state index in [1.54, 1.807) is 12.1 Å². The number of rotatable bonds is 17. The Labute approximate surface area is 352 Å².